The molecule has 0 atom stereocenters. The minimum atomic E-state index is -4.27. The lowest BCUT2D eigenvalue weighted by atomic mass is 10.1. The summed E-state index contributed by atoms with van der Waals surface area (Å²) in [6, 6.07) is 6.78. The van der Waals surface area contributed by atoms with Gasteiger partial charge in [-0.05, 0) is 24.6 Å². The lowest BCUT2D eigenvalue weighted by Crippen LogP contribution is -2.32. The van der Waals surface area contributed by atoms with Crippen molar-refractivity contribution in [2.24, 2.45) is 0 Å². The fraction of sp³-hybridized carbons (Fsp3) is 0.308. The molecule has 0 radical (unpaired) electrons. The lowest BCUT2D eigenvalue weighted by molar-refractivity contribution is -0.0943. The molecule has 0 spiro atoms. The monoisotopic (exact) mass is 286 g/mol. The zero-order valence-corrected chi connectivity index (χ0v) is 10.6. The molecule has 0 N–H and O–H groups in total. The van der Waals surface area contributed by atoms with Gasteiger partial charge < -0.3 is 4.90 Å². The summed E-state index contributed by atoms with van der Waals surface area (Å²) < 4.78 is 37.6. The topological polar surface area (TPSA) is 27.0 Å². The molecule has 0 aliphatic carbocycles. The number of nitriles is 1. The molecule has 1 aliphatic rings. The summed E-state index contributed by atoms with van der Waals surface area (Å²) in [5, 5.41) is 9.46. The first-order valence-corrected chi connectivity index (χ1v) is 6.00. The van der Waals surface area contributed by atoms with Crippen LogP contribution in [0.15, 0.2) is 29.8 Å². The predicted molar refractivity (Wildman–Crippen MR) is 67.1 cm³/mol. The Morgan fingerprint density at radius 3 is 2.58 bits per heavy atom. The largest absolute Gasteiger partial charge is 0.412 e. The van der Waals surface area contributed by atoms with Gasteiger partial charge in [-0.25, -0.2) is 0 Å². The maximum Gasteiger partial charge on any atom is 0.412 e. The average Bonchev–Trinajstić information content (AvgIpc) is 2.38. The van der Waals surface area contributed by atoms with Crippen LogP contribution in [-0.2, 0) is 0 Å². The maximum absolute atomic E-state index is 12.5. The molecule has 1 aromatic rings. The standard InChI is InChI=1S/C13H10ClF3N2/c14-11-2-1-9(8-18)12(7-11)19-5-3-10(4-6-19)13(15,16)17/h1-3,7H,4-6H2. The SMILES string of the molecule is N#Cc1ccc(Cl)cc1N1CC=C(C(F)(F)F)CC1. The normalized spacial score (nSPS) is 15.9. The van der Waals surface area contributed by atoms with Crippen molar-refractivity contribution < 1.29 is 13.2 Å². The van der Waals surface area contributed by atoms with Gasteiger partial charge in [0.05, 0.1) is 11.3 Å². The Kier molecular flexibility index (Phi) is 3.72. The van der Waals surface area contributed by atoms with Crippen molar-refractivity contribution >= 4 is 17.3 Å². The minimum absolute atomic E-state index is 0.0825. The molecule has 1 aliphatic heterocycles. The van der Waals surface area contributed by atoms with Crippen molar-refractivity contribution in [3.05, 3.63) is 40.4 Å². The fourth-order valence-corrected chi connectivity index (χ4v) is 2.17. The summed E-state index contributed by atoms with van der Waals surface area (Å²) in [7, 11) is 0. The molecule has 1 aromatic carbocycles. The molecule has 100 valence electrons. The van der Waals surface area contributed by atoms with Crippen molar-refractivity contribution in [1.82, 2.24) is 0 Å². The number of alkyl halides is 3. The number of halogens is 4. The van der Waals surface area contributed by atoms with Gasteiger partial charge in [0.1, 0.15) is 6.07 Å². The van der Waals surface area contributed by atoms with Crippen LogP contribution in [0.3, 0.4) is 0 Å². The number of nitrogens with zero attached hydrogens (tertiary/aromatic N) is 2. The average molecular weight is 287 g/mol. The molecule has 0 fully saturated rings. The Hall–Kier alpha value is -1.67. The van der Waals surface area contributed by atoms with E-state index >= 15 is 0 Å². The molecule has 0 bridgehead atoms. The van der Waals surface area contributed by atoms with Gasteiger partial charge in [-0.1, -0.05) is 17.7 Å². The molecule has 1 heterocycles. The molecule has 0 saturated carbocycles. The van der Waals surface area contributed by atoms with E-state index in [1.54, 1.807) is 23.1 Å². The van der Waals surface area contributed by atoms with Crippen LogP contribution in [0.5, 0.6) is 0 Å². The summed E-state index contributed by atoms with van der Waals surface area (Å²) in [6.45, 7) is 0.351. The number of anilines is 1. The van der Waals surface area contributed by atoms with E-state index in [9.17, 15) is 13.2 Å². The summed E-state index contributed by atoms with van der Waals surface area (Å²) in [6.07, 6.45) is -3.19. The molecular formula is C13H10ClF3N2. The second kappa shape index (κ2) is 5.14. The third kappa shape index (κ3) is 3.02. The second-order valence-corrected chi connectivity index (χ2v) is 4.63. The number of rotatable bonds is 1. The first-order chi connectivity index (χ1) is 8.91. The zero-order chi connectivity index (χ0) is 14.0. The Morgan fingerprint density at radius 2 is 2.05 bits per heavy atom. The van der Waals surface area contributed by atoms with E-state index in [1.165, 1.54) is 0 Å². The molecule has 0 amide bonds. The van der Waals surface area contributed by atoms with Crippen molar-refractivity contribution in [3.8, 4) is 6.07 Å². The van der Waals surface area contributed by atoms with Crippen LogP contribution in [0.25, 0.3) is 0 Å². The first kappa shape index (κ1) is 13.8. The smallest absolute Gasteiger partial charge is 0.366 e. The molecule has 2 rings (SSSR count). The lowest BCUT2D eigenvalue weighted by Gasteiger charge is -2.29. The fourth-order valence-electron chi connectivity index (χ4n) is 2.01. The van der Waals surface area contributed by atoms with Gasteiger partial charge in [0.15, 0.2) is 0 Å². The van der Waals surface area contributed by atoms with Crippen LogP contribution in [0, 0.1) is 11.3 Å². The van der Waals surface area contributed by atoms with E-state index in [1.807, 2.05) is 6.07 Å². The van der Waals surface area contributed by atoms with Crippen molar-refractivity contribution in [2.75, 3.05) is 18.0 Å². The molecule has 0 unspecified atom stereocenters. The molecule has 6 heteroatoms. The quantitative estimate of drug-likeness (QED) is 0.732. The molecule has 2 nitrogen and oxygen atoms in total. The van der Waals surface area contributed by atoms with E-state index < -0.39 is 11.7 Å². The van der Waals surface area contributed by atoms with Gasteiger partial charge in [0.25, 0.3) is 0 Å². The zero-order valence-electron chi connectivity index (χ0n) is 9.84. The van der Waals surface area contributed by atoms with Crippen LogP contribution in [0.2, 0.25) is 5.02 Å². The Labute approximate surface area is 113 Å². The van der Waals surface area contributed by atoms with Gasteiger partial charge in [-0.15, -0.1) is 0 Å². The van der Waals surface area contributed by atoms with Gasteiger partial charge in [0, 0.05) is 23.7 Å². The first-order valence-electron chi connectivity index (χ1n) is 5.62. The third-order valence-corrected chi connectivity index (χ3v) is 3.23. The van der Waals surface area contributed by atoms with Crippen molar-refractivity contribution in [2.45, 2.75) is 12.6 Å². The van der Waals surface area contributed by atoms with Crippen LogP contribution in [0.1, 0.15) is 12.0 Å². The van der Waals surface area contributed by atoms with Crippen molar-refractivity contribution in [3.63, 3.8) is 0 Å². The Morgan fingerprint density at radius 1 is 1.32 bits per heavy atom. The van der Waals surface area contributed by atoms with E-state index in [0.717, 1.165) is 6.08 Å². The van der Waals surface area contributed by atoms with Crippen LogP contribution >= 0.6 is 11.6 Å². The molecular weight excluding hydrogens is 277 g/mol. The van der Waals surface area contributed by atoms with Crippen LogP contribution in [-0.4, -0.2) is 19.3 Å². The van der Waals surface area contributed by atoms with E-state index in [4.69, 9.17) is 16.9 Å². The molecule has 0 aromatic heterocycles. The van der Waals surface area contributed by atoms with Gasteiger partial charge in [0.2, 0.25) is 0 Å². The number of hydrogen-bond acceptors (Lipinski definition) is 2. The highest BCUT2D eigenvalue weighted by atomic mass is 35.5. The highest BCUT2D eigenvalue weighted by molar-refractivity contribution is 6.30. The van der Waals surface area contributed by atoms with Gasteiger partial charge in [-0.3, -0.25) is 0 Å². The minimum Gasteiger partial charge on any atom is -0.366 e. The Bertz CT molecular complexity index is 558. The van der Waals surface area contributed by atoms with E-state index in [2.05, 4.69) is 0 Å². The number of benzene rings is 1. The Balaban J connectivity index is 2.25. The van der Waals surface area contributed by atoms with Gasteiger partial charge >= 0.3 is 6.18 Å². The predicted octanol–water partition coefficient (Wildman–Crippen LogP) is 3.91. The molecule has 19 heavy (non-hydrogen) atoms. The second-order valence-electron chi connectivity index (χ2n) is 4.20. The third-order valence-electron chi connectivity index (χ3n) is 2.99. The van der Waals surface area contributed by atoms with Crippen LogP contribution in [0.4, 0.5) is 18.9 Å². The maximum atomic E-state index is 12.5. The summed E-state index contributed by atoms with van der Waals surface area (Å²) in [5.41, 5.74) is 0.477. The van der Waals surface area contributed by atoms with E-state index in [0.29, 0.717) is 16.3 Å². The number of hydrogen-bond donors (Lipinski definition) is 0. The highest BCUT2D eigenvalue weighted by Crippen LogP contribution is 2.33. The highest BCUT2D eigenvalue weighted by Gasteiger charge is 2.35. The van der Waals surface area contributed by atoms with E-state index in [-0.39, 0.29) is 19.5 Å². The molecule has 0 saturated heterocycles. The van der Waals surface area contributed by atoms with Gasteiger partial charge in [-0.2, -0.15) is 18.4 Å². The summed E-state index contributed by atoms with van der Waals surface area (Å²) in [4.78, 5) is 1.72. The van der Waals surface area contributed by atoms with Crippen molar-refractivity contribution in [1.29, 1.82) is 5.26 Å². The summed E-state index contributed by atoms with van der Waals surface area (Å²) >= 11 is 5.86. The summed E-state index contributed by atoms with van der Waals surface area (Å²) in [5.74, 6) is 0. The van der Waals surface area contributed by atoms with Crippen LogP contribution < -0.4 is 4.90 Å².